The smallest absolute Gasteiger partial charge is 0.422 e. The third-order valence-electron chi connectivity index (χ3n) is 1.81. The normalized spacial score (nSPS) is 11.1. The zero-order valence-corrected chi connectivity index (χ0v) is 9.45. The van der Waals surface area contributed by atoms with Crippen LogP contribution in [0.15, 0.2) is 12.4 Å². The molecule has 0 aliphatic rings. The Labute approximate surface area is 101 Å². The zero-order chi connectivity index (χ0) is 13.8. The van der Waals surface area contributed by atoms with E-state index in [0.29, 0.717) is 0 Å². The van der Waals surface area contributed by atoms with Crippen molar-refractivity contribution in [2.45, 2.75) is 13.1 Å². The summed E-state index contributed by atoms with van der Waals surface area (Å²) in [5.74, 6) is -1.27. The lowest BCUT2D eigenvalue weighted by atomic mass is 10.2. The summed E-state index contributed by atoms with van der Waals surface area (Å²) in [7, 11) is 0. The van der Waals surface area contributed by atoms with Gasteiger partial charge in [-0.15, -0.1) is 0 Å². The van der Waals surface area contributed by atoms with E-state index < -0.39 is 18.7 Å². The second-order valence-corrected chi connectivity index (χ2v) is 3.22. The minimum atomic E-state index is -4.49. The molecule has 0 bridgehead atoms. The molecule has 1 heterocycles. The topological polar surface area (TPSA) is 74.4 Å². The molecule has 100 valence electrons. The number of primary amides is 1. The van der Waals surface area contributed by atoms with Gasteiger partial charge in [-0.1, -0.05) is 0 Å². The van der Waals surface area contributed by atoms with Gasteiger partial charge in [0.1, 0.15) is 5.56 Å². The third-order valence-corrected chi connectivity index (χ3v) is 1.81. The van der Waals surface area contributed by atoms with Crippen molar-refractivity contribution in [2.75, 3.05) is 13.2 Å². The highest BCUT2D eigenvalue weighted by Gasteiger charge is 2.29. The highest BCUT2D eigenvalue weighted by atomic mass is 19.4. The molecule has 0 aromatic carbocycles. The predicted molar refractivity (Wildman–Crippen MR) is 55.5 cm³/mol. The Morgan fingerprint density at radius 1 is 1.39 bits per heavy atom. The van der Waals surface area contributed by atoms with Gasteiger partial charge >= 0.3 is 6.18 Å². The van der Waals surface area contributed by atoms with E-state index in [9.17, 15) is 18.0 Å². The van der Waals surface area contributed by atoms with E-state index in [2.05, 4.69) is 9.72 Å². The Hall–Kier alpha value is -1.99. The molecule has 0 radical (unpaired) electrons. The number of alkyl halides is 3. The highest BCUT2D eigenvalue weighted by Crippen LogP contribution is 2.31. The number of pyridine rings is 1. The molecule has 1 amide bonds. The number of hydrogen-bond acceptors (Lipinski definition) is 4. The van der Waals surface area contributed by atoms with E-state index in [4.69, 9.17) is 10.5 Å². The SMILES string of the molecule is CCOc1c(OCC(F)(F)F)cncc1C(N)=O. The molecule has 1 aromatic heterocycles. The largest absolute Gasteiger partial charge is 0.489 e. The maximum absolute atomic E-state index is 12.0. The second kappa shape index (κ2) is 5.56. The maximum Gasteiger partial charge on any atom is 0.422 e. The van der Waals surface area contributed by atoms with E-state index in [1.54, 1.807) is 6.92 Å². The number of ether oxygens (including phenoxy) is 2. The van der Waals surface area contributed by atoms with E-state index in [1.807, 2.05) is 0 Å². The summed E-state index contributed by atoms with van der Waals surface area (Å²) in [5, 5.41) is 0. The van der Waals surface area contributed by atoms with Gasteiger partial charge in [0, 0.05) is 6.20 Å². The van der Waals surface area contributed by atoms with Gasteiger partial charge in [0.25, 0.3) is 5.91 Å². The number of nitrogens with zero attached hydrogens (tertiary/aromatic N) is 1. The van der Waals surface area contributed by atoms with Crippen LogP contribution in [0.4, 0.5) is 13.2 Å². The number of rotatable bonds is 5. The van der Waals surface area contributed by atoms with E-state index in [-0.39, 0.29) is 23.7 Å². The van der Waals surface area contributed by atoms with Crippen molar-refractivity contribution in [3.05, 3.63) is 18.0 Å². The number of amides is 1. The predicted octanol–water partition coefficient (Wildman–Crippen LogP) is 1.52. The number of aromatic nitrogens is 1. The van der Waals surface area contributed by atoms with Gasteiger partial charge in [-0.05, 0) is 6.92 Å². The molecule has 18 heavy (non-hydrogen) atoms. The quantitative estimate of drug-likeness (QED) is 0.874. The minimum absolute atomic E-state index is 0.128. The van der Waals surface area contributed by atoms with Crippen molar-refractivity contribution in [2.24, 2.45) is 5.73 Å². The molecule has 5 nitrogen and oxygen atoms in total. The summed E-state index contributed by atoms with van der Waals surface area (Å²) in [6.07, 6.45) is -2.36. The van der Waals surface area contributed by atoms with Crippen LogP contribution in [-0.4, -0.2) is 30.3 Å². The summed E-state index contributed by atoms with van der Waals surface area (Å²) < 4.78 is 45.7. The van der Waals surface area contributed by atoms with Crippen molar-refractivity contribution in [3.8, 4) is 11.5 Å². The molecule has 8 heteroatoms. The van der Waals surface area contributed by atoms with Crippen molar-refractivity contribution in [1.29, 1.82) is 0 Å². The van der Waals surface area contributed by atoms with Gasteiger partial charge in [-0.2, -0.15) is 13.2 Å². The van der Waals surface area contributed by atoms with Gasteiger partial charge in [-0.25, -0.2) is 0 Å². The molecular formula is C10H11F3N2O3. The fourth-order valence-corrected chi connectivity index (χ4v) is 1.16. The van der Waals surface area contributed by atoms with Gasteiger partial charge < -0.3 is 15.2 Å². The summed E-state index contributed by atoms with van der Waals surface area (Å²) in [4.78, 5) is 14.7. The molecule has 0 saturated carbocycles. The molecule has 0 atom stereocenters. The number of carbonyl (C=O) groups is 1. The van der Waals surface area contributed by atoms with Crippen molar-refractivity contribution >= 4 is 5.91 Å². The molecule has 0 aliphatic carbocycles. The number of nitrogens with two attached hydrogens (primary N) is 1. The first kappa shape index (κ1) is 14.1. The highest BCUT2D eigenvalue weighted by molar-refractivity contribution is 5.96. The Morgan fingerprint density at radius 3 is 2.56 bits per heavy atom. The van der Waals surface area contributed by atoms with Crippen LogP contribution in [0.2, 0.25) is 0 Å². The molecule has 0 aliphatic heterocycles. The minimum Gasteiger partial charge on any atom is -0.489 e. The average molecular weight is 264 g/mol. The fraction of sp³-hybridized carbons (Fsp3) is 0.400. The molecule has 1 rings (SSSR count). The molecule has 0 saturated heterocycles. The zero-order valence-electron chi connectivity index (χ0n) is 9.45. The average Bonchev–Trinajstić information content (AvgIpc) is 2.26. The van der Waals surface area contributed by atoms with Crippen molar-refractivity contribution in [3.63, 3.8) is 0 Å². The molecule has 0 fully saturated rings. The van der Waals surface area contributed by atoms with Crippen LogP contribution in [0.25, 0.3) is 0 Å². The maximum atomic E-state index is 12.0. The molecular weight excluding hydrogens is 253 g/mol. The lowest BCUT2D eigenvalue weighted by Crippen LogP contribution is -2.20. The number of hydrogen-bond donors (Lipinski definition) is 1. The molecule has 1 aromatic rings. The van der Waals surface area contributed by atoms with Crippen LogP contribution < -0.4 is 15.2 Å². The van der Waals surface area contributed by atoms with Gasteiger partial charge in [0.15, 0.2) is 18.1 Å². The Morgan fingerprint density at radius 2 is 2.06 bits per heavy atom. The van der Waals surface area contributed by atoms with Crippen LogP contribution in [0.5, 0.6) is 11.5 Å². The lowest BCUT2D eigenvalue weighted by molar-refractivity contribution is -0.153. The standard InChI is InChI=1S/C10H11F3N2O3/c1-2-17-8-6(9(14)16)3-15-4-7(8)18-5-10(11,12)13/h3-4H,2,5H2,1H3,(H2,14,16). The first-order valence-corrected chi connectivity index (χ1v) is 4.95. The monoisotopic (exact) mass is 264 g/mol. The van der Waals surface area contributed by atoms with Crippen molar-refractivity contribution < 1.29 is 27.4 Å². The Balaban J connectivity index is 3.02. The van der Waals surface area contributed by atoms with Gasteiger partial charge in [0.2, 0.25) is 0 Å². The summed E-state index contributed by atoms with van der Waals surface area (Å²) in [6, 6.07) is 0. The first-order valence-electron chi connectivity index (χ1n) is 4.95. The molecule has 0 spiro atoms. The summed E-state index contributed by atoms with van der Waals surface area (Å²) in [6.45, 7) is 0.252. The van der Waals surface area contributed by atoms with Crippen LogP contribution in [-0.2, 0) is 0 Å². The van der Waals surface area contributed by atoms with E-state index in [0.717, 1.165) is 12.4 Å². The number of halogens is 3. The lowest BCUT2D eigenvalue weighted by Gasteiger charge is -2.14. The third kappa shape index (κ3) is 3.79. The fourth-order valence-electron chi connectivity index (χ4n) is 1.16. The van der Waals surface area contributed by atoms with E-state index >= 15 is 0 Å². The van der Waals surface area contributed by atoms with E-state index in [1.165, 1.54) is 0 Å². The molecule has 2 N–H and O–H groups in total. The van der Waals surface area contributed by atoms with Crippen LogP contribution >= 0.6 is 0 Å². The summed E-state index contributed by atoms with van der Waals surface area (Å²) in [5.41, 5.74) is 4.93. The Kier molecular flexibility index (Phi) is 4.35. The Bertz CT molecular complexity index is 435. The summed E-state index contributed by atoms with van der Waals surface area (Å²) >= 11 is 0. The second-order valence-electron chi connectivity index (χ2n) is 3.22. The van der Waals surface area contributed by atoms with Crippen LogP contribution in [0.3, 0.4) is 0 Å². The number of carbonyl (C=O) groups excluding carboxylic acids is 1. The van der Waals surface area contributed by atoms with Crippen LogP contribution in [0.1, 0.15) is 17.3 Å². The first-order chi connectivity index (χ1) is 8.35. The van der Waals surface area contributed by atoms with Crippen LogP contribution in [0, 0.1) is 0 Å². The van der Waals surface area contributed by atoms with Crippen molar-refractivity contribution in [1.82, 2.24) is 4.98 Å². The van der Waals surface area contributed by atoms with Gasteiger partial charge in [0.05, 0.1) is 12.8 Å². The molecule has 0 unspecified atom stereocenters. The van der Waals surface area contributed by atoms with Gasteiger partial charge in [-0.3, -0.25) is 9.78 Å².